The lowest BCUT2D eigenvalue weighted by atomic mass is 9.92. The molecule has 11 heteroatoms. The molecule has 2 aromatic heterocycles. The van der Waals surface area contributed by atoms with Gasteiger partial charge in [-0.05, 0) is 90.1 Å². The number of imidazole rings is 1. The highest BCUT2D eigenvalue weighted by Crippen LogP contribution is 2.40. The number of piperidine rings is 1. The molecule has 9 nitrogen and oxygen atoms in total. The molecule has 0 radical (unpaired) electrons. The number of carbonyl (C=O) groups excluding carboxylic acids is 1. The van der Waals surface area contributed by atoms with Gasteiger partial charge >= 0.3 is 5.97 Å². The molecule has 0 aliphatic carbocycles. The normalized spacial score (nSPS) is 19.4. The number of ether oxygens (including phenoxy) is 4. The number of allylic oxidation sites excluding steroid dienone is 1. The fraction of sp³-hybridized carbons (Fsp3) is 0.463. The van der Waals surface area contributed by atoms with Crippen molar-refractivity contribution in [3.63, 3.8) is 0 Å². The van der Waals surface area contributed by atoms with Gasteiger partial charge in [-0.25, -0.2) is 13.8 Å². The van der Waals surface area contributed by atoms with Crippen LogP contribution in [0.25, 0.3) is 33.6 Å². The molecule has 280 valence electrons. The molecule has 1 fully saturated rings. The summed E-state index contributed by atoms with van der Waals surface area (Å²) in [6, 6.07) is 9.75. The second-order valence-electron chi connectivity index (χ2n) is 15.0. The molecule has 6 bridgehead atoms. The largest absolute Gasteiger partial charge is 0.488 e. The van der Waals surface area contributed by atoms with E-state index in [9.17, 15) is 13.6 Å². The lowest BCUT2D eigenvalue weighted by molar-refractivity contribution is -0.139. The van der Waals surface area contributed by atoms with E-state index in [2.05, 4.69) is 22.8 Å². The summed E-state index contributed by atoms with van der Waals surface area (Å²) in [7, 11) is 1.40. The Balaban J connectivity index is 0.000000979. The first kappa shape index (κ1) is 38.9. The number of pyridine rings is 1. The van der Waals surface area contributed by atoms with Crippen molar-refractivity contribution < 1.29 is 37.6 Å². The number of fused-ring (bicyclic) bond motifs is 8. The molecule has 5 heterocycles. The van der Waals surface area contributed by atoms with Crippen LogP contribution >= 0.6 is 0 Å². The standard InChI is InChI=1S/C37H41F2N3O5.C4H10O/c1-22(2)34-24(4)27(18-33(43)44-6)36-41-12-10-37(5,11-13-41)46-15-14-45-21-23(3)47-32-19-30(39)29(38)17-28(32)25-8-7-9-26(16-25)31-20-42(36)35(34)40-31;1-4(2,3)5/h7-9,16-17,19-20,23H,1,10-15,18,21H2,2-6H3;5H,1-3H3/t23-;/m0./s1. The van der Waals surface area contributed by atoms with Crippen molar-refractivity contribution in [3.05, 3.63) is 77.5 Å². The second kappa shape index (κ2) is 15.7. The van der Waals surface area contributed by atoms with Crippen LogP contribution < -0.4 is 9.64 Å². The van der Waals surface area contributed by atoms with E-state index in [1.54, 1.807) is 20.8 Å². The maximum atomic E-state index is 14.6. The first-order chi connectivity index (χ1) is 24.5. The number of hydrogen-bond donors (Lipinski definition) is 1. The third-order valence-corrected chi connectivity index (χ3v) is 9.20. The molecule has 7 rings (SSSR count). The van der Waals surface area contributed by atoms with E-state index in [0.29, 0.717) is 43.1 Å². The summed E-state index contributed by atoms with van der Waals surface area (Å²) in [5.41, 5.74) is 5.85. The van der Waals surface area contributed by atoms with E-state index in [4.69, 9.17) is 29.0 Å². The average Bonchev–Trinajstić information content (AvgIpc) is 3.50. The van der Waals surface area contributed by atoms with Gasteiger partial charge in [0, 0.05) is 47.6 Å². The van der Waals surface area contributed by atoms with Crippen LogP contribution in [0.5, 0.6) is 5.75 Å². The molecule has 0 saturated carbocycles. The highest BCUT2D eigenvalue weighted by atomic mass is 19.2. The molecule has 52 heavy (non-hydrogen) atoms. The summed E-state index contributed by atoms with van der Waals surface area (Å²) in [5, 5.41) is 8.52. The number of aliphatic hydroxyl groups is 1. The Morgan fingerprint density at radius 3 is 2.42 bits per heavy atom. The molecular weight excluding hydrogens is 668 g/mol. The van der Waals surface area contributed by atoms with E-state index in [1.165, 1.54) is 7.11 Å². The third kappa shape index (κ3) is 9.00. The molecular formula is C41H51F2N3O6. The van der Waals surface area contributed by atoms with Gasteiger partial charge in [0.15, 0.2) is 11.6 Å². The zero-order valence-corrected chi connectivity index (χ0v) is 31.6. The van der Waals surface area contributed by atoms with Crippen molar-refractivity contribution in [1.29, 1.82) is 0 Å². The second-order valence-corrected chi connectivity index (χ2v) is 15.0. The van der Waals surface area contributed by atoms with Gasteiger partial charge in [0.25, 0.3) is 0 Å². The quantitative estimate of drug-likeness (QED) is 0.169. The molecule has 3 aliphatic rings. The predicted octanol–water partition coefficient (Wildman–Crippen LogP) is 7.95. The first-order valence-electron chi connectivity index (χ1n) is 17.7. The fourth-order valence-electron chi connectivity index (χ4n) is 6.65. The summed E-state index contributed by atoms with van der Waals surface area (Å²) in [4.78, 5) is 20.2. The molecule has 1 saturated heterocycles. The number of rotatable bonds is 3. The Bertz CT molecular complexity index is 1940. The van der Waals surface area contributed by atoms with E-state index >= 15 is 0 Å². The molecule has 2 aromatic carbocycles. The van der Waals surface area contributed by atoms with Crippen LogP contribution in [0, 0.1) is 18.6 Å². The smallest absolute Gasteiger partial charge is 0.310 e. The molecule has 0 unspecified atom stereocenters. The Kier molecular flexibility index (Phi) is 11.8. The highest BCUT2D eigenvalue weighted by Gasteiger charge is 2.34. The van der Waals surface area contributed by atoms with Gasteiger partial charge in [-0.15, -0.1) is 0 Å². The molecule has 1 atom stereocenters. The van der Waals surface area contributed by atoms with Gasteiger partial charge in [-0.3, -0.25) is 9.20 Å². The monoisotopic (exact) mass is 719 g/mol. The summed E-state index contributed by atoms with van der Waals surface area (Å²) >= 11 is 0. The van der Waals surface area contributed by atoms with Gasteiger partial charge in [0.05, 0.1) is 50.2 Å². The van der Waals surface area contributed by atoms with Gasteiger partial charge in [0.2, 0.25) is 0 Å². The first-order valence-corrected chi connectivity index (χ1v) is 17.7. The minimum Gasteiger partial charge on any atom is -0.488 e. The van der Waals surface area contributed by atoms with Crippen molar-refractivity contribution in [2.45, 2.75) is 85.0 Å². The number of hydrogen-bond acceptors (Lipinski definition) is 8. The Morgan fingerprint density at radius 1 is 1.12 bits per heavy atom. The van der Waals surface area contributed by atoms with E-state index < -0.39 is 23.3 Å². The van der Waals surface area contributed by atoms with Gasteiger partial charge in [0.1, 0.15) is 23.3 Å². The van der Waals surface area contributed by atoms with Crippen LogP contribution in [-0.2, 0) is 25.4 Å². The summed E-state index contributed by atoms with van der Waals surface area (Å²) < 4.78 is 54.6. The average molecular weight is 720 g/mol. The van der Waals surface area contributed by atoms with Crippen molar-refractivity contribution in [1.82, 2.24) is 9.38 Å². The number of anilines is 1. The maximum absolute atomic E-state index is 14.6. The van der Waals surface area contributed by atoms with Crippen LogP contribution in [-0.4, -0.2) is 77.8 Å². The van der Waals surface area contributed by atoms with Crippen molar-refractivity contribution in [2.75, 3.05) is 44.9 Å². The Morgan fingerprint density at radius 2 is 1.77 bits per heavy atom. The van der Waals surface area contributed by atoms with Crippen LogP contribution in [0.1, 0.15) is 71.1 Å². The predicted molar refractivity (Wildman–Crippen MR) is 200 cm³/mol. The number of esters is 1. The number of aromatic nitrogens is 2. The number of nitrogens with zero attached hydrogens (tertiary/aromatic N) is 3. The number of benzene rings is 2. The van der Waals surface area contributed by atoms with Crippen LogP contribution in [0.15, 0.2) is 49.2 Å². The number of methoxy groups -OCH3 is 1. The summed E-state index contributed by atoms with van der Waals surface area (Å²) in [5.74, 6) is -1.20. The molecule has 0 spiro atoms. The molecule has 1 N–H and O–H groups in total. The van der Waals surface area contributed by atoms with Gasteiger partial charge in [-0.1, -0.05) is 24.8 Å². The molecule has 0 amide bonds. The van der Waals surface area contributed by atoms with E-state index in [0.717, 1.165) is 64.3 Å². The minimum absolute atomic E-state index is 0.0931. The van der Waals surface area contributed by atoms with E-state index in [-0.39, 0.29) is 30.3 Å². The highest BCUT2D eigenvalue weighted by molar-refractivity contribution is 5.85. The summed E-state index contributed by atoms with van der Waals surface area (Å²) in [6.07, 6.45) is 3.19. The Labute approximate surface area is 305 Å². The van der Waals surface area contributed by atoms with Crippen molar-refractivity contribution >= 4 is 23.0 Å². The van der Waals surface area contributed by atoms with Gasteiger partial charge in [-0.2, -0.15) is 0 Å². The Hall–Kier alpha value is -4.32. The van der Waals surface area contributed by atoms with Crippen LogP contribution in [0.3, 0.4) is 0 Å². The molecule has 3 aliphatic heterocycles. The number of halogens is 2. The SMILES string of the molecule is C=C(C)c1c(C)c(CC(=O)OC)c2n3cc(nc13)-c1cccc(c1)-c1cc(F)c(F)cc1O[C@@H](C)COCCOC1(C)CCN2CC1.CC(C)(C)O. The topological polar surface area (TPSA) is 94.8 Å². The zero-order valence-electron chi connectivity index (χ0n) is 31.6. The van der Waals surface area contributed by atoms with Crippen LogP contribution in [0.2, 0.25) is 0 Å². The minimum atomic E-state index is -0.993. The maximum Gasteiger partial charge on any atom is 0.310 e. The van der Waals surface area contributed by atoms with Crippen LogP contribution in [0.4, 0.5) is 14.6 Å². The lowest BCUT2D eigenvalue weighted by Gasteiger charge is -2.41. The lowest BCUT2D eigenvalue weighted by Crippen LogP contribution is -2.45. The molecule has 4 aromatic rings. The fourth-order valence-corrected chi connectivity index (χ4v) is 6.65. The van der Waals surface area contributed by atoms with Gasteiger partial charge < -0.3 is 29.0 Å². The zero-order chi connectivity index (χ0) is 38.0. The van der Waals surface area contributed by atoms with E-state index in [1.807, 2.05) is 51.2 Å². The third-order valence-electron chi connectivity index (χ3n) is 9.20. The van der Waals surface area contributed by atoms with Crippen molar-refractivity contribution in [2.24, 2.45) is 0 Å². The number of carbonyl (C=O) groups is 1. The summed E-state index contributed by atoms with van der Waals surface area (Å²) in [6.45, 7) is 19.8. The van der Waals surface area contributed by atoms with Crippen molar-refractivity contribution in [3.8, 4) is 28.1 Å².